The average molecular weight is 896 g/mol. The number of fused-ring (bicyclic) bond motifs is 19. The molecule has 3 heteroatoms. The Balaban J connectivity index is 1.00. The largest absolute Gasteiger partial charge is 0.457 e. The van der Waals surface area contributed by atoms with Gasteiger partial charge >= 0.3 is 0 Å². The van der Waals surface area contributed by atoms with E-state index >= 15 is 0 Å². The van der Waals surface area contributed by atoms with Gasteiger partial charge in [0.25, 0.3) is 0 Å². The number of hydrogen-bond acceptors (Lipinski definition) is 3. The second-order valence-corrected chi connectivity index (χ2v) is 19.8. The summed E-state index contributed by atoms with van der Waals surface area (Å²) in [6.07, 6.45) is 0. The van der Waals surface area contributed by atoms with Gasteiger partial charge in [0, 0.05) is 38.0 Å². The Bertz CT molecular complexity index is 3840. The fourth-order valence-electron chi connectivity index (χ4n) is 12.6. The third-order valence-corrected chi connectivity index (χ3v) is 16.5. The monoisotopic (exact) mass is 895 g/mol. The molecule has 0 fully saturated rings. The molecule has 2 aliphatic heterocycles. The highest BCUT2D eigenvalue weighted by Gasteiger charge is 2.52. The minimum Gasteiger partial charge on any atom is -0.457 e. The van der Waals surface area contributed by atoms with Crippen LogP contribution >= 0.6 is 11.8 Å². The van der Waals surface area contributed by atoms with Crippen molar-refractivity contribution in [3.05, 3.63) is 293 Å². The van der Waals surface area contributed by atoms with Crippen molar-refractivity contribution in [1.29, 1.82) is 0 Å². The summed E-state index contributed by atoms with van der Waals surface area (Å²) >= 11 is 1.89. The minimum absolute atomic E-state index is 0.497. The predicted octanol–water partition coefficient (Wildman–Crippen LogP) is 17.3. The Morgan fingerprint density at radius 3 is 1.46 bits per heavy atom. The Labute approximate surface area is 405 Å². The molecule has 0 atom stereocenters. The standard InChI is InChI=1S/C66H41NOS/c1-2-16-42(17-3-1)43-30-32-46(33-31-43)67(48-34-36-50-49-20-6-7-21-53(49)65(60(50)41-48)55-22-8-12-26-61(55)68-62-27-13-9-23-56(62)65)47-35-37-54-52(40-47)51-38-44-18-4-5-19-45(44)39-59(51)66(54)57-24-10-14-28-63(57)69-64-29-15-11-25-58(64)66/h1-41H. The fourth-order valence-corrected chi connectivity index (χ4v) is 13.8. The Morgan fingerprint density at radius 2 is 0.754 bits per heavy atom. The van der Waals surface area contributed by atoms with Gasteiger partial charge in [-0.05, 0) is 150 Å². The Hall–Kier alpha value is -8.37. The van der Waals surface area contributed by atoms with Crippen molar-refractivity contribution in [1.82, 2.24) is 0 Å². The molecule has 0 bridgehead atoms. The molecule has 2 heterocycles. The van der Waals surface area contributed by atoms with Gasteiger partial charge in [0.05, 0.1) is 10.8 Å². The number of rotatable bonds is 4. The first-order chi connectivity index (χ1) is 34.2. The molecule has 11 aromatic carbocycles. The van der Waals surface area contributed by atoms with E-state index in [1.54, 1.807) is 0 Å². The smallest absolute Gasteiger partial charge is 0.132 e. The van der Waals surface area contributed by atoms with Gasteiger partial charge in [0.1, 0.15) is 11.5 Å². The molecular weight excluding hydrogens is 855 g/mol. The third-order valence-electron chi connectivity index (χ3n) is 15.4. The first kappa shape index (κ1) is 38.7. The van der Waals surface area contributed by atoms with E-state index in [0.29, 0.717) is 0 Å². The van der Waals surface area contributed by atoms with E-state index in [1.165, 1.54) is 87.3 Å². The van der Waals surface area contributed by atoms with E-state index < -0.39 is 10.8 Å². The lowest BCUT2D eigenvalue weighted by Gasteiger charge is -2.40. The van der Waals surface area contributed by atoms with Gasteiger partial charge in [-0.1, -0.05) is 188 Å². The lowest BCUT2D eigenvalue weighted by molar-refractivity contribution is 0.436. The molecule has 2 nitrogen and oxygen atoms in total. The summed E-state index contributed by atoms with van der Waals surface area (Å²) in [5.74, 6) is 1.78. The van der Waals surface area contributed by atoms with Crippen LogP contribution in [-0.4, -0.2) is 0 Å². The number of ether oxygens (including phenoxy) is 1. The zero-order chi connectivity index (χ0) is 45.3. The molecule has 0 unspecified atom stereocenters. The summed E-state index contributed by atoms with van der Waals surface area (Å²) < 4.78 is 6.74. The van der Waals surface area contributed by atoms with Crippen molar-refractivity contribution in [2.45, 2.75) is 20.6 Å². The lowest BCUT2D eigenvalue weighted by Crippen LogP contribution is -2.32. The van der Waals surface area contributed by atoms with Crippen LogP contribution in [0.15, 0.2) is 259 Å². The normalized spacial score (nSPS) is 14.4. The maximum Gasteiger partial charge on any atom is 0.132 e. The van der Waals surface area contributed by atoms with Crippen LogP contribution in [0.3, 0.4) is 0 Å². The maximum absolute atomic E-state index is 6.74. The number of hydrogen-bond donors (Lipinski definition) is 0. The topological polar surface area (TPSA) is 12.5 Å². The molecule has 11 aromatic rings. The summed E-state index contributed by atoms with van der Waals surface area (Å²) in [6, 6.07) is 92.4. The van der Waals surface area contributed by atoms with Crippen LogP contribution in [0.25, 0.3) is 44.2 Å². The molecule has 0 saturated carbocycles. The van der Waals surface area contributed by atoms with Gasteiger partial charge in [-0.25, -0.2) is 0 Å². The second kappa shape index (κ2) is 14.6. The highest BCUT2D eigenvalue weighted by Crippen LogP contribution is 2.65. The second-order valence-electron chi connectivity index (χ2n) is 18.7. The molecule has 0 saturated heterocycles. The van der Waals surface area contributed by atoms with Crippen molar-refractivity contribution < 1.29 is 4.74 Å². The van der Waals surface area contributed by atoms with E-state index in [2.05, 4.69) is 254 Å². The third kappa shape index (κ3) is 5.28. The summed E-state index contributed by atoms with van der Waals surface area (Å²) in [4.78, 5) is 5.08. The first-order valence-corrected chi connectivity index (χ1v) is 24.6. The van der Waals surface area contributed by atoms with E-state index in [-0.39, 0.29) is 0 Å². The van der Waals surface area contributed by atoms with Crippen LogP contribution < -0.4 is 9.64 Å². The minimum atomic E-state index is -0.597. The van der Waals surface area contributed by atoms with E-state index in [9.17, 15) is 0 Å². The molecule has 322 valence electrons. The molecule has 0 N–H and O–H groups in total. The maximum atomic E-state index is 6.74. The molecule has 2 aliphatic carbocycles. The van der Waals surface area contributed by atoms with Crippen LogP contribution in [0.2, 0.25) is 0 Å². The van der Waals surface area contributed by atoms with Gasteiger partial charge in [0.2, 0.25) is 0 Å². The van der Waals surface area contributed by atoms with Gasteiger partial charge in [0.15, 0.2) is 0 Å². The van der Waals surface area contributed by atoms with Crippen LogP contribution in [-0.2, 0) is 10.8 Å². The van der Waals surface area contributed by atoms with E-state index in [0.717, 1.165) is 39.7 Å². The molecule has 0 aromatic heterocycles. The van der Waals surface area contributed by atoms with Crippen molar-refractivity contribution >= 4 is 39.6 Å². The number of benzene rings is 11. The molecule has 0 amide bonds. The molecule has 0 radical (unpaired) electrons. The van der Waals surface area contributed by atoms with Crippen LogP contribution in [0.5, 0.6) is 11.5 Å². The van der Waals surface area contributed by atoms with Crippen molar-refractivity contribution in [2.75, 3.05) is 4.90 Å². The molecular formula is C66H41NOS. The highest BCUT2D eigenvalue weighted by atomic mass is 32.2. The number of nitrogens with zero attached hydrogens (tertiary/aromatic N) is 1. The molecule has 69 heavy (non-hydrogen) atoms. The van der Waals surface area contributed by atoms with Crippen molar-refractivity contribution in [2.24, 2.45) is 0 Å². The molecule has 15 rings (SSSR count). The summed E-state index contributed by atoms with van der Waals surface area (Å²) in [7, 11) is 0. The Morgan fingerprint density at radius 1 is 0.290 bits per heavy atom. The van der Waals surface area contributed by atoms with Gasteiger partial charge < -0.3 is 9.64 Å². The van der Waals surface area contributed by atoms with E-state index in [4.69, 9.17) is 4.74 Å². The van der Waals surface area contributed by atoms with Crippen LogP contribution in [0, 0.1) is 0 Å². The van der Waals surface area contributed by atoms with E-state index in [1.807, 2.05) is 11.8 Å². The van der Waals surface area contributed by atoms with Crippen molar-refractivity contribution in [3.63, 3.8) is 0 Å². The zero-order valence-corrected chi connectivity index (χ0v) is 38.3. The quantitative estimate of drug-likeness (QED) is 0.175. The summed E-state index contributed by atoms with van der Waals surface area (Å²) in [5.41, 5.74) is 19.8. The van der Waals surface area contributed by atoms with Gasteiger partial charge in [-0.3, -0.25) is 0 Å². The number of anilines is 3. The SMILES string of the molecule is c1ccc(-c2ccc(N(c3ccc4c(c3)-c3cc5ccccc5cc3C43c4ccccc4Sc4ccccc43)c3ccc4c(c3)C3(c5ccccc5Oc5ccccc53)c3ccccc3-4)cc2)cc1. The van der Waals surface area contributed by atoms with Crippen LogP contribution in [0.1, 0.15) is 44.5 Å². The summed E-state index contributed by atoms with van der Waals surface area (Å²) in [6.45, 7) is 0. The molecule has 4 aliphatic rings. The zero-order valence-electron chi connectivity index (χ0n) is 37.4. The Kier molecular flexibility index (Phi) is 8.17. The van der Waals surface area contributed by atoms with Crippen molar-refractivity contribution in [3.8, 4) is 44.9 Å². The average Bonchev–Trinajstić information content (AvgIpc) is 3.85. The van der Waals surface area contributed by atoms with Crippen LogP contribution in [0.4, 0.5) is 17.1 Å². The summed E-state index contributed by atoms with van der Waals surface area (Å²) in [5, 5.41) is 2.49. The first-order valence-electron chi connectivity index (χ1n) is 23.8. The lowest BCUT2D eigenvalue weighted by atomic mass is 9.66. The molecule has 2 spiro atoms. The van der Waals surface area contributed by atoms with Gasteiger partial charge in [-0.15, -0.1) is 0 Å². The number of para-hydroxylation sites is 2. The fraction of sp³-hybridized carbons (Fsp3) is 0.0303. The highest BCUT2D eigenvalue weighted by molar-refractivity contribution is 7.99. The predicted molar refractivity (Wildman–Crippen MR) is 283 cm³/mol. The van der Waals surface area contributed by atoms with Gasteiger partial charge in [-0.2, -0.15) is 0 Å².